The largest absolute Gasteiger partial charge is 0.493 e. The van der Waals surface area contributed by atoms with Crippen LogP contribution in [-0.4, -0.2) is 34.7 Å². The zero-order valence-electron chi connectivity index (χ0n) is 13.7. The Balaban J connectivity index is 2.16. The third kappa shape index (κ3) is 2.82. The van der Waals surface area contributed by atoms with Gasteiger partial charge < -0.3 is 14.6 Å². The van der Waals surface area contributed by atoms with Crippen molar-refractivity contribution in [2.24, 2.45) is 0 Å². The molecule has 6 nitrogen and oxygen atoms in total. The number of imidazole rings is 1. The Morgan fingerprint density at radius 2 is 2.04 bits per heavy atom. The van der Waals surface area contributed by atoms with Crippen LogP contribution >= 0.6 is 11.3 Å². The molecule has 24 heavy (non-hydrogen) atoms. The molecule has 0 spiro atoms. The number of nitrogens with zero attached hydrogens (tertiary/aromatic N) is 2. The van der Waals surface area contributed by atoms with Gasteiger partial charge in [0, 0.05) is 16.6 Å². The highest BCUT2D eigenvalue weighted by Gasteiger charge is 2.18. The lowest BCUT2D eigenvalue weighted by Crippen LogP contribution is -2.00. The average Bonchev–Trinajstić information content (AvgIpc) is 3.09. The number of hydrogen-bond acceptors (Lipinski definition) is 5. The zero-order chi connectivity index (χ0) is 17.3. The highest BCUT2D eigenvalue weighted by molar-refractivity contribution is 7.17. The Bertz CT molecular complexity index is 898. The minimum atomic E-state index is -0.885. The van der Waals surface area contributed by atoms with Gasteiger partial charge >= 0.3 is 5.97 Å². The van der Waals surface area contributed by atoms with Crippen LogP contribution in [0.5, 0.6) is 11.5 Å². The van der Waals surface area contributed by atoms with Gasteiger partial charge in [-0.2, -0.15) is 0 Å². The summed E-state index contributed by atoms with van der Waals surface area (Å²) >= 11 is 1.58. The summed E-state index contributed by atoms with van der Waals surface area (Å²) in [5.41, 5.74) is 2.55. The van der Waals surface area contributed by atoms with Gasteiger partial charge in [0.1, 0.15) is 0 Å². The van der Waals surface area contributed by atoms with E-state index in [1.165, 1.54) is 4.88 Å². The van der Waals surface area contributed by atoms with E-state index in [0.29, 0.717) is 17.2 Å². The number of aliphatic carboxylic acids is 1. The number of carboxylic acid groups (broad SMARTS) is 1. The molecule has 0 amide bonds. The van der Waals surface area contributed by atoms with E-state index >= 15 is 0 Å². The highest BCUT2D eigenvalue weighted by atomic mass is 32.1. The summed E-state index contributed by atoms with van der Waals surface area (Å²) in [5, 5.41) is 8.97. The fourth-order valence-electron chi connectivity index (χ4n) is 2.70. The van der Waals surface area contributed by atoms with E-state index < -0.39 is 5.97 Å². The topological polar surface area (TPSA) is 73.1 Å². The van der Waals surface area contributed by atoms with Crippen molar-refractivity contribution in [3.8, 4) is 22.8 Å². The first-order chi connectivity index (χ1) is 11.6. The fraction of sp³-hybridized carbons (Fsp3) is 0.294. The molecule has 2 aromatic heterocycles. The summed E-state index contributed by atoms with van der Waals surface area (Å²) < 4.78 is 12.6. The number of methoxy groups -OCH3 is 2. The smallest absolute Gasteiger partial charge is 0.309 e. The van der Waals surface area contributed by atoms with E-state index in [2.05, 4.69) is 11.9 Å². The Labute approximate surface area is 143 Å². The molecule has 0 aliphatic heterocycles. The van der Waals surface area contributed by atoms with Crippen LogP contribution in [-0.2, 0) is 17.6 Å². The van der Waals surface area contributed by atoms with Crippen molar-refractivity contribution in [2.45, 2.75) is 19.8 Å². The predicted octanol–water partition coefficient (Wildman–Crippen LogP) is 3.27. The molecule has 0 saturated carbocycles. The maximum absolute atomic E-state index is 10.9. The van der Waals surface area contributed by atoms with Crippen molar-refractivity contribution < 1.29 is 19.4 Å². The molecule has 3 aromatic rings. The molecule has 1 N–H and O–H groups in total. The van der Waals surface area contributed by atoms with Gasteiger partial charge in [0.2, 0.25) is 0 Å². The lowest BCUT2D eigenvalue weighted by Gasteiger charge is -2.10. The number of ether oxygens (including phenoxy) is 2. The van der Waals surface area contributed by atoms with Crippen molar-refractivity contribution in [1.82, 2.24) is 9.38 Å². The Morgan fingerprint density at radius 3 is 2.67 bits per heavy atom. The predicted molar refractivity (Wildman–Crippen MR) is 92.3 cm³/mol. The summed E-state index contributed by atoms with van der Waals surface area (Å²) in [7, 11) is 3.21. The minimum Gasteiger partial charge on any atom is -0.493 e. The quantitative estimate of drug-likeness (QED) is 0.741. The van der Waals surface area contributed by atoms with Gasteiger partial charge in [-0.25, -0.2) is 4.98 Å². The van der Waals surface area contributed by atoms with Crippen molar-refractivity contribution in [3.05, 3.63) is 35.0 Å². The third-order valence-corrected chi connectivity index (χ3v) is 4.95. The molecule has 0 radical (unpaired) electrons. The zero-order valence-corrected chi connectivity index (χ0v) is 14.5. The number of carbonyl (C=O) groups is 1. The number of hydrogen-bond donors (Lipinski definition) is 1. The SMILES string of the molecule is CCc1sc2nc(CC(=O)O)cn2c1-c1ccc(OC)c(OC)c1. The van der Waals surface area contributed by atoms with Crippen LogP contribution in [0.4, 0.5) is 0 Å². The maximum atomic E-state index is 10.9. The molecule has 126 valence electrons. The van der Waals surface area contributed by atoms with Crippen molar-refractivity contribution in [1.29, 1.82) is 0 Å². The van der Waals surface area contributed by atoms with Crippen molar-refractivity contribution in [3.63, 3.8) is 0 Å². The second kappa shape index (κ2) is 6.52. The normalized spacial score (nSPS) is 11.0. The first-order valence-electron chi connectivity index (χ1n) is 7.51. The lowest BCUT2D eigenvalue weighted by molar-refractivity contribution is -0.136. The average molecular weight is 346 g/mol. The molecule has 0 bridgehead atoms. The van der Waals surface area contributed by atoms with E-state index in [1.807, 2.05) is 22.6 Å². The van der Waals surface area contributed by atoms with Gasteiger partial charge in [-0.15, -0.1) is 11.3 Å². The Morgan fingerprint density at radius 1 is 1.29 bits per heavy atom. The number of rotatable bonds is 6. The number of fused-ring (bicyclic) bond motifs is 1. The number of aromatic nitrogens is 2. The summed E-state index contributed by atoms with van der Waals surface area (Å²) in [4.78, 5) is 17.3. The van der Waals surface area contributed by atoms with Crippen LogP contribution in [0.15, 0.2) is 24.4 Å². The Kier molecular flexibility index (Phi) is 4.44. The molecule has 0 fully saturated rings. The third-order valence-electron chi connectivity index (χ3n) is 3.75. The second-order valence-corrected chi connectivity index (χ2v) is 6.31. The standard InChI is InChI=1S/C17H18N2O4S/c1-4-14-16(10-5-6-12(22-2)13(7-10)23-3)19-9-11(8-15(20)21)18-17(19)24-14/h5-7,9H,4,8H2,1-3H3,(H,20,21). The molecule has 2 heterocycles. The van der Waals surface area contributed by atoms with Gasteiger partial charge in [-0.1, -0.05) is 6.92 Å². The van der Waals surface area contributed by atoms with Crippen LogP contribution in [0.3, 0.4) is 0 Å². The van der Waals surface area contributed by atoms with Crippen LogP contribution in [0.1, 0.15) is 17.5 Å². The summed E-state index contributed by atoms with van der Waals surface area (Å²) in [6.45, 7) is 2.09. The molecule has 0 atom stereocenters. The maximum Gasteiger partial charge on any atom is 0.309 e. The fourth-order valence-corrected chi connectivity index (χ4v) is 3.78. The van der Waals surface area contributed by atoms with Gasteiger partial charge in [-0.05, 0) is 24.6 Å². The molecule has 3 rings (SSSR count). The van der Waals surface area contributed by atoms with E-state index in [1.54, 1.807) is 31.8 Å². The molecule has 0 aliphatic carbocycles. The molecular weight excluding hydrogens is 328 g/mol. The van der Waals surface area contributed by atoms with E-state index in [0.717, 1.165) is 22.6 Å². The Hall–Kier alpha value is -2.54. The molecule has 7 heteroatoms. The number of benzene rings is 1. The van der Waals surface area contributed by atoms with Crippen LogP contribution in [0.25, 0.3) is 16.2 Å². The molecule has 0 aliphatic rings. The van der Waals surface area contributed by atoms with E-state index in [4.69, 9.17) is 14.6 Å². The van der Waals surface area contributed by atoms with Crippen molar-refractivity contribution in [2.75, 3.05) is 14.2 Å². The second-order valence-electron chi connectivity index (χ2n) is 5.25. The number of carboxylic acids is 1. The monoisotopic (exact) mass is 346 g/mol. The summed E-state index contributed by atoms with van der Waals surface area (Å²) in [6, 6.07) is 5.77. The van der Waals surface area contributed by atoms with E-state index in [-0.39, 0.29) is 6.42 Å². The number of thiazole rings is 1. The molecule has 1 aromatic carbocycles. The van der Waals surface area contributed by atoms with Gasteiger partial charge in [0.15, 0.2) is 16.5 Å². The van der Waals surface area contributed by atoms with Crippen molar-refractivity contribution >= 4 is 22.3 Å². The molecular formula is C17H18N2O4S. The van der Waals surface area contributed by atoms with E-state index in [9.17, 15) is 4.79 Å². The van der Waals surface area contributed by atoms with Crippen LogP contribution < -0.4 is 9.47 Å². The molecule has 0 unspecified atom stereocenters. The summed E-state index contributed by atoms with van der Waals surface area (Å²) in [6.07, 6.45) is 2.58. The van der Waals surface area contributed by atoms with Gasteiger partial charge in [-0.3, -0.25) is 9.20 Å². The van der Waals surface area contributed by atoms with Gasteiger partial charge in [0.25, 0.3) is 0 Å². The summed E-state index contributed by atoms with van der Waals surface area (Å²) in [5.74, 6) is 0.439. The highest BCUT2D eigenvalue weighted by Crippen LogP contribution is 2.37. The first kappa shape index (κ1) is 16.3. The minimum absolute atomic E-state index is 0.0821. The van der Waals surface area contributed by atoms with Gasteiger partial charge in [0.05, 0.1) is 32.0 Å². The van der Waals surface area contributed by atoms with Crippen LogP contribution in [0, 0.1) is 0 Å². The number of aryl methyl sites for hydroxylation is 1. The van der Waals surface area contributed by atoms with Crippen LogP contribution in [0.2, 0.25) is 0 Å². The molecule has 0 saturated heterocycles. The lowest BCUT2D eigenvalue weighted by atomic mass is 10.1. The first-order valence-corrected chi connectivity index (χ1v) is 8.32.